The number of carbonyl (C=O) groups is 2. The fourth-order valence-electron chi connectivity index (χ4n) is 3.05. The summed E-state index contributed by atoms with van der Waals surface area (Å²) in [5.41, 5.74) is 2.10. The molecule has 0 aromatic heterocycles. The van der Waals surface area contributed by atoms with E-state index in [0.29, 0.717) is 5.56 Å². The van der Waals surface area contributed by atoms with Gasteiger partial charge in [0.25, 0.3) is 5.91 Å². The number of likely N-dealkylation sites (tertiary alicyclic amines) is 1. The average molecular weight is 343 g/mol. The lowest BCUT2D eigenvalue weighted by atomic mass is 9.95. The first-order valence-corrected chi connectivity index (χ1v) is 8.00. The van der Waals surface area contributed by atoms with Gasteiger partial charge in [0.15, 0.2) is 0 Å². The van der Waals surface area contributed by atoms with E-state index in [-0.39, 0.29) is 31.2 Å². The molecule has 1 aliphatic rings. The van der Waals surface area contributed by atoms with Gasteiger partial charge in [0, 0.05) is 18.7 Å². The second-order valence-electron chi connectivity index (χ2n) is 6.22. The van der Waals surface area contributed by atoms with Crippen molar-refractivity contribution in [1.29, 1.82) is 0 Å². The largest absolute Gasteiger partial charge is 0.481 e. The quantitative estimate of drug-likeness (QED) is 0.897. The Morgan fingerprint density at radius 3 is 2.08 bits per heavy atom. The Bertz CT molecular complexity index is 773. The normalized spacial score (nSPS) is 20.3. The second-order valence-corrected chi connectivity index (χ2v) is 6.22. The highest BCUT2D eigenvalue weighted by molar-refractivity contribution is 5.95. The minimum Gasteiger partial charge on any atom is -0.481 e. The number of carbonyl (C=O) groups excluding carboxylic acids is 1. The number of hydrogen-bond acceptors (Lipinski definition) is 3. The van der Waals surface area contributed by atoms with Crippen molar-refractivity contribution >= 4 is 11.9 Å². The topological polar surface area (TPSA) is 77.8 Å². The van der Waals surface area contributed by atoms with Crippen LogP contribution < -0.4 is 0 Å². The standard InChI is InChI=1S/C19H18FNO4/c20-16-7-5-13(6-8-16)12-1-3-14(4-2-12)18(23)21-10-15(19(24)25)9-17(22)11-21/h1-8,15,17,22H,9-11H2,(H,24,25). The molecule has 3 rings (SSSR count). The van der Waals surface area contributed by atoms with Crippen molar-refractivity contribution in [2.75, 3.05) is 13.1 Å². The Hall–Kier alpha value is -2.73. The highest BCUT2D eigenvalue weighted by Crippen LogP contribution is 2.23. The summed E-state index contributed by atoms with van der Waals surface area (Å²) in [6.45, 7) is 0.216. The van der Waals surface area contributed by atoms with Crippen LogP contribution in [0.1, 0.15) is 16.8 Å². The summed E-state index contributed by atoms with van der Waals surface area (Å²) in [6.07, 6.45) is -0.680. The number of rotatable bonds is 3. The highest BCUT2D eigenvalue weighted by atomic mass is 19.1. The molecule has 2 aromatic carbocycles. The van der Waals surface area contributed by atoms with E-state index in [1.54, 1.807) is 36.4 Å². The molecule has 1 heterocycles. The van der Waals surface area contributed by atoms with Crippen LogP contribution in [0.15, 0.2) is 48.5 Å². The molecular weight excluding hydrogens is 325 g/mol. The number of aliphatic hydroxyl groups is 1. The van der Waals surface area contributed by atoms with Gasteiger partial charge in [-0.25, -0.2) is 4.39 Å². The van der Waals surface area contributed by atoms with E-state index < -0.39 is 18.0 Å². The molecule has 1 saturated heterocycles. The van der Waals surface area contributed by atoms with Gasteiger partial charge in [-0.05, 0) is 41.8 Å². The first-order valence-electron chi connectivity index (χ1n) is 8.00. The van der Waals surface area contributed by atoms with Crippen molar-refractivity contribution in [3.05, 3.63) is 59.9 Å². The molecule has 0 aliphatic carbocycles. The number of carboxylic acid groups (broad SMARTS) is 1. The van der Waals surface area contributed by atoms with Crippen LogP contribution in [0, 0.1) is 11.7 Å². The molecule has 0 radical (unpaired) electrons. The number of hydrogen-bond donors (Lipinski definition) is 2. The summed E-state index contributed by atoms with van der Waals surface area (Å²) < 4.78 is 13.0. The van der Waals surface area contributed by atoms with Crippen molar-refractivity contribution in [3.8, 4) is 11.1 Å². The zero-order valence-electron chi connectivity index (χ0n) is 13.4. The van der Waals surface area contributed by atoms with Crippen LogP contribution in [0.25, 0.3) is 11.1 Å². The maximum absolute atomic E-state index is 13.0. The van der Waals surface area contributed by atoms with Crippen LogP contribution in [0.4, 0.5) is 4.39 Å². The van der Waals surface area contributed by atoms with Gasteiger partial charge in [0.2, 0.25) is 0 Å². The number of halogens is 1. The lowest BCUT2D eigenvalue weighted by Gasteiger charge is -2.33. The summed E-state index contributed by atoms with van der Waals surface area (Å²) in [7, 11) is 0. The maximum Gasteiger partial charge on any atom is 0.308 e. The van der Waals surface area contributed by atoms with E-state index in [4.69, 9.17) is 5.11 Å². The SMILES string of the molecule is O=C(O)C1CC(O)CN(C(=O)c2ccc(-c3ccc(F)cc3)cc2)C1. The van der Waals surface area contributed by atoms with E-state index in [1.165, 1.54) is 17.0 Å². The second kappa shape index (κ2) is 7.03. The molecule has 0 bridgehead atoms. The van der Waals surface area contributed by atoms with Gasteiger partial charge >= 0.3 is 5.97 Å². The molecule has 0 spiro atoms. The number of β-amino-alcohol motifs (C(OH)–C–C–N with tert-alkyl or cyclic N) is 1. The van der Waals surface area contributed by atoms with E-state index in [1.807, 2.05) is 0 Å². The number of benzene rings is 2. The zero-order chi connectivity index (χ0) is 18.0. The van der Waals surface area contributed by atoms with Gasteiger partial charge in [-0.15, -0.1) is 0 Å². The van der Waals surface area contributed by atoms with Crippen molar-refractivity contribution in [3.63, 3.8) is 0 Å². The molecule has 25 heavy (non-hydrogen) atoms. The Morgan fingerprint density at radius 1 is 0.960 bits per heavy atom. The van der Waals surface area contributed by atoms with Crippen LogP contribution in [-0.4, -0.2) is 46.2 Å². The van der Waals surface area contributed by atoms with Crippen LogP contribution in [0.3, 0.4) is 0 Å². The molecule has 1 aliphatic heterocycles. The van der Waals surface area contributed by atoms with Gasteiger partial charge in [-0.1, -0.05) is 24.3 Å². The number of amides is 1. The third-order valence-corrected chi connectivity index (χ3v) is 4.37. The molecule has 0 saturated carbocycles. The fraction of sp³-hybridized carbons (Fsp3) is 0.263. The first-order chi connectivity index (χ1) is 11.9. The zero-order valence-corrected chi connectivity index (χ0v) is 13.4. The Morgan fingerprint density at radius 2 is 1.52 bits per heavy atom. The van der Waals surface area contributed by atoms with Gasteiger partial charge in [-0.2, -0.15) is 0 Å². The summed E-state index contributed by atoms with van der Waals surface area (Å²) in [5.74, 6) is -2.39. The number of carboxylic acids is 1. The van der Waals surface area contributed by atoms with Crippen molar-refractivity contribution in [1.82, 2.24) is 4.90 Å². The molecule has 2 unspecified atom stereocenters. The number of aliphatic carboxylic acids is 1. The molecule has 1 amide bonds. The molecule has 2 N–H and O–H groups in total. The average Bonchev–Trinajstić information content (AvgIpc) is 2.61. The van der Waals surface area contributed by atoms with Crippen LogP contribution in [0.5, 0.6) is 0 Å². The molecule has 130 valence electrons. The third-order valence-electron chi connectivity index (χ3n) is 4.37. The summed E-state index contributed by atoms with van der Waals surface area (Å²) in [6, 6.07) is 12.9. The Labute approximate surface area is 144 Å². The van der Waals surface area contributed by atoms with Gasteiger partial charge in [0.05, 0.1) is 12.0 Å². The Balaban J connectivity index is 1.76. The molecule has 1 fully saturated rings. The van der Waals surface area contributed by atoms with Crippen LogP contribution in [-0.2, 0) is 4.79 Å². The predicted octanol–water partition coefficient (Wildman–Crippen LogP) is 2.40. The van der Waals surface area contributed by atoms with Crippen molar-refractivity contribution in [2.45, 2.75) is 12.5 Å². The minimum atomic E-state index is -1.01. The molecular formula is C19H18FNO4. The molecule has 6 heteroatoms. The molecule has 2 aromatic rings. The van der Waals surface area contributed by atoms with Gasteiger partial charge in [-0.3, -0.25) is 9.59 Å². The first kappa shape index (κ1) is 17.1. The summed E-state index contributed by atoms with van der Waals surface area (Å²) in [5, 5.41) is 19.0. The predicted molar refractivity (Wildman–Crippen MR) is 89.5 cm³/mol. The maximum atomic E-state index is 13.0. The number of nitrogens with zero attached hydrogens (tertiary/aromatic N) is 1. The molecule has 2 atom stereocenters. The van der Waals surface area contributed by atoms with E-state index in [2.05, 4.69) is 0 Å². The smallest absolute Gasteiger partial charge is 0.308 e. The van der Waals surface area contributed by atoms with Crippen LogP contribution >= 0.6 is 0 Å². The van der Waals surface area contributed by atoms with Crippen molar-refractivity contribution < 1.29 is 24.2 Å². The highest BCUT2D eigenvalue weighted by Gasteiger charge is 2.33. The monoisotopic (exact) mass is 343 g/mol. The van der Waals surface area contributed by atoms with Crippen molar-refractivity contribution in [2.24, 2.45) is 5.92 Å². The third kappa shape index (κ3) is 3.85. The minimum absolute atomic E-state index is 0.0882. The Kier molecular flexibility index (Phi) is 4.81. The number of piperidine rings is 1. The fourth-order valence-corrected chi connectivity index (χ4v) is 3.05. The van der Waals surface area contributed by atoms with Gasteiger partial charge < -0.3 is 15.1 Å². The van der Waals surface area contributed by atoms with E-state index in [9.17, 15) is 19.1 Å². The molecule has 5 nitrogen and oxygen atoms in total. The van der Waals surface area contributed by atoms with E-state index in [0.717, 1.165) is 11.1 Å². The van der Waals surface area contributed by atoms with Crippen LogP contribution in [0.2, 0.25) is 0 Å². The lowest BCUT2D eigenvalue weighted by Crippen LogP contribution is -2.48. The number of aliphatic hydroxyl groups excluding tert-OH is 1. The summed E-state index contributed by atoms with van der Waals surface area (Å²) in [4.78, 5) is 25.1. The van der Waals surface area contributed by atoms with Gasteiger partial charge in [0.1, 0.15) is 5.82 Å². The van der Waals surface area contributed by atoms with E-state index >= 15 is 0 Å². The lowest BCUT2D eigenvalue weighted by molar-refractivity contribution is -0.144. The summed E-state index contributed by atoms with van der Waals surface area (Å²) >= 11 is 0.